The zero-order valence-electron chi connectivity index (χ0n) is 11.7. The normalized spacial score (nSPS) is 11.1. The molecule has 0 atom stereocenters. The molecule has 1 aromatic carbocycles. The van der Waals surface area contributed by atoms with Gasteiger partial charge < -0.3 is 15.5 Å². The van der Waals surface area contributed by atoms with Gasteiger partial charge in [-0.3, -0.25) is 0 Å². The molecule has 0 saturated carbocycles. The first-order chi connectivity index (χ1) is 10.8. The Kier molecular flexibility index (Phi) is 2.65. The van der Waals surface area contributed by atoms with Gasteiger partial charge in [0.2, 0.25) is 11.8 Å². The van der Waals surface area contributed by atoms with Gasteiger partial charge in [0.25, 0.3) is 0 Å². The largest absolute Gasteiger partial charge is 0.480 e. The van der Waals surface area contributed by atoms with Crippen molar-refractivity contribution in [3.05, 3.63) is 36.7 Å². The fourth-order valence-corrected chi connectivity index (χ4v) is 2.47. The molecular weight excluding hydrogens is 280 g/mol. The minimum absolute atomic E-state index is 0.157. The number of hydrogen-bond acceptors (Lipinski definition) is 6. The third-order valence-corrected chi connectivity index (χ3v) is 3.44. The summed E-state index contributed by atoms with van der Waals surface area (Å²) in [6, 6.07) is 9.79. The Balaban J connectivity index is 2.08. The SMILES string of the molecule is COc1nc2ccccc2cc1-c1nc(N)nc2nc[nH]c12. The quantitative estimate of drug-likeness (QED) is 0.587. The van der Waals surface area contributed by atoms with Crippen LogP contribution in [-0.2, 0) is 0 Å². The molecule has 4 aromatic rings. The summed E-state index contributed by atoms with van der Waals surface area (Å²) >= 11 is 0. The number of benzene rings is 1. The van der Waals surface area contributed by atoms with Gasteiger partial charge in [0.1, 0.15) is 11.2 Å². The predicted molar refractivity (Wildman–Crippen MR) is 83.4 cm³/mol. The Morgan fingerprint density at radius 2 is 2.00 bits per heavy atom. The molecule has 0 amide bonds. The molecule has 0 fully saturated rings. The summed E-state index contributed by atoms with van der Waals surface area (Å²) in [6.07, 6.45) is 1.56. The summed E-state index contributed by atoms with van der Waals surface area (Å²) in [6.45, 7) is 0. The molecule has 108 valence electrons. The fourth-order valence-electron chi connectivity index (χ4n) is 2.47. The number of imidazole rings is 1. The van der Waals surface area contributed by atoms with Crippen molar-refractivity contribution in [2.75, 3.05) is 12.8 Å². The first-order valence-electron chi connectivity index (χ1n) is 6.67. The average Bonchev–Trinajstić information content (AvgIpc) is 3.01. The lowest BCUT2D eigenvalue weighted by Crippen LogP contribution is -2.00. The number of fused-ring (bicyclic) bond motifs is 2. The highest BCUT2D eigenvalue weighted by Crippen LogP contribution is 2.33. The number of nitrogens with one attached hydrogen (secondary N) is 1. The third-order valence-electron chi connectivity index (χ3n) is 3.44. The average molecular weight is 292 g/mol. The zero-order chi connectivity index (χ0) is 15.1. The number of aromatic amines is 1. The molecule has 0 unspecified atom stereocenters. The van der Waals surface area contributed by atoms with E-state index in [-0.39, 0.29) is 5.95 Å². The molecule has 7 heteroatoms. The third kappa shape index (κ3) is 1.83. The number of pyridine rings is 1. The molecule has 3 aromatic heterocycles. The maximum atomic E-state index is 5.79. The Bertz CT molecular complexity index is 994. The molecule has 3 heterocycles. The lowest BCUT2D eigenvalue weighted by atomic mass is 10.1. The van der Waals surface area contributed by atoms with Crippen molar-refractivity contribution < 1.29 is 4.74 Å². The molecule has 0 bridgehead atoms. The van der Waals surface area contributed by atoms with Crippen molar-refractivity contribution in [1.29, 1.82) is 0 Å². The van der Waals surface area contributed by atoms with E-state index in [1.807, 2.05) is 30.3 Å². The van der Waals surface area contributed by atoms with Crippen LogP contribution in [0.25, 0.3) is 33.3 Å². The van der Waals surface area contributed by atoms with Gasteiger partial charge in [-0.1, -0.05) is 18.2 Å². The number of rotatable bonds is 2. The number of aromatic nitrogens is 5. The van der Waals surface area contributed by atoms with Crippen LogP contribution in [-0.4, -0.2) is 32.0 Å². The first-order valence-corrected chi connectivity index (χ1v) is 6.67. The molecule has 0 aliphatic carbocycles. The van der Waals surface area contributed by atoms with E-state index >= 15 is 0 Å². The van der Waals surface area contributed by atoms with Crippen LogP contribution in [0.2, 0.25) is 0 Å². The number of methoxy groups -OCH3 is 1. The van der Waals surface area contributed by atoms with Gasteiger partial charge in [-0.25, -0.2) is 15.0 Å². The van der Waals surface area contributed by atoms with Crippen LogP contribution in [0.1, 0.15) is 0 Å². The highest BCUT2D eigenvalue weighted by molar-refractivity contribution is 5.93. The van der Waals surface area contributed by atoms with E-state index in [1.54, 1.807) is 13.4 Å². The van der Waals surface area contributed by atoms with E-state index in [1.165, 1.54) is 0 Å². The summed E-state index contributed by atoms with van der Waals surface area (Å²) < 4.78 is 5.43. The molecule has 0 radical (unpaired) electrons. The Morgan fingerprint density at radius 3 is 2.86 bits per heavy atom. The van der Waals surface area contributed by atoms with Gasteiger partial charge >= 0.3 is 0 Å². The molecule has 0 spiro atoms. The van der Waals surface area contributed by atoms with Gasteiger partial charge in [0.15, 0.2) is 5.65 Å². The minimum Gasteiger partial charge on any atom is -0.480 e. The fraction of sp³-hybridized carbons (Fsp3) is 0.0667. The maximum absolute atomic E-state index is 5.79. The van der Waals surface area contributed by atoms with Crippen LogP contribution >= 0.6 is 0 Å². The van der Waals surface area contributed by atoms with Crippen LogP contribution in [0.15, 0.2) is 36.7 Å². The van der Waals surface area contributed by atoms with Gasteiger partial charge in [0, 0.05) is 5.39 Å². The summed E-state index contributed by atoms with van der Waals surface area (Å²) in [5.41, 5.74) is 9.21. The van der Waals surface area contributed by atoms with Crippen molar-refractivity contribution in [2.45, 2.75) is 0 Å². The van der Waals surface area contributed by atoms with Crippen LogP contribution in [0.4, 0.5) is 5.95 Å². The molecule has 3 N–H and O–H groups in total. The second kappa shape index (κ2) is 4.66. The lowest BCUT2D eigenvalue weighted by Gasteiger charge is -2.10. The number of anilines is 1. The number of H-pyrrole nitrogens is 1. The first kappa shape index (κ1) is 12.5. The predicted octanol–water partition coefficient (Wildman–Crippen LogP) is 2.16. The van der Waals surface area contributed by atoms with Crippen molar-refractivity contribution in [2.24, 2.45) is 0 Å². The highest BCUT2D eigenvalue weighted by atomic mass is 16.5. The molecule has 0 saturated heterocycles. The number of nitrogens with zero attached hydrogens (tertiary/aromatic N) is 4. The molecule has 22 heavy (non-hydrogen) atoms. The number of nitrogens with two attached hydrogens (primary N) is 1. The van der Waals surface area contributed by atoms with E-state index in [9.17, 15) is 0 Å². The van der Waals surface area contributed by atoms with Gasteiger partial charge in [-0.15, -0.1) is 0 Å². The summed E-state index contributed by atoms with van der Waals surface area (Å²) in [4.78, 5) is 20.1. The van der Waals surface area contributed by atoms with Crippen molar-refractivity contribution in [1.82, 2.24) is 24.9 Å². The van der Waals surface area contributed by atoms with E-state index in [0.717, 1.165) is 16.5 Å². The molecule has 4 rings (SSSR count). The van der Waals surface area contributed by atoms with Crippen LogP contribution in [0.3, 0.4) is 0 Å². The number of ether oxygens (including phenoxy) is 1. The second-order valence-electron chi connectivity index (χ2n) is 4.77. The molecule has 7 nitrogen and oxygen atoms in total. The topological polar surface area (TPSA) is 103 Å². The van der Waals surface area contributed by atoms with Crippen LogP contribution < -0.4 is 10.5 Å². The Labute approximate surface area is 125 Å². The van der Waals surface area contributed by atoms with Crippen molar-refractivity contribution in [3.8, 4) is 17.1 Å². The number of nitrogen functional groups attached to an aromatic ring is 1. The second-order valence-corrected chi connectivity index (χ2v) is 4.77. The van der Waals surface area contributed by atoms with E-state index < -0.39 is 0 Å². The summed E-state index contributed by atoms with van der Waals surface area (Å²) in [7, 11) is 1.58. The van der Waals surface area contributed by atoms with Crippen LogP contribution in [0.5, 0.6) is 5.88 Å². The monoisotopic (exact) mass is 292 g/mol. The van der Waals surface area contributed by atoms with E-state index in [0.29, 0.717) is 22.7 Å². The molecule has 0 aliphatic heterocycles. The minimum atomic E-state index is 0.157. The van der Waals surface area contributed by atoms with Gasteiger partial charge in [-0.2, -0.15) is 4.98 Å². The van der Waals surface area contributed by atoms with Gasteiger partial charge in [-0.05, 0) is 12.1 Å². The maximum Gasteiger partial charge on any atom is 0.223 e. The van der Waals surface area contributed by atoms with E-state index in [4.69, 9.17) is 10.5 Å². The molecular formula is C15H12N6O. The van der Waals surface area contributed by atoms with Crippen molar-refractivity contribution >= 4 is 28.0 Å². The smallest absolute Gasteiger partial charge is 0.223 e. The number of para-hydroxylation sites is 1. The standard InChI is InChI=1S/C15H12N6O/c1-22-14-9(6-8-4-2-3-5-10(8)19-14)11-12-13(18-7-17-12)21-15(16)20-11/h2-7H,1H3,(H3,16,17,18,20,21). The highest BCUT2D eigenvalue weighted by Gasteiger charge is 2.16. The summed E-state index contributed by atoms with van der Waals surface area (Å²) in [5, 5.41) is 0.989. The van der Waals surface area contributed by atoms with E-state index in [2.05, 4.69) is 24.9 Å². The lowest BCUT2D eigenvalue weighted by molar-refractivity contribution is 0.401. The van der Waals surface area contributed by atoms with Crippen molar-refractivity contribution in [3.63, 3.8) is 0 Å². The Morgan fingerprint density at radius 1 is 1.14 bits per heavy atom. The van der Waals surface area contributed by atoms with Gasteiger partial charge in [0.05, 0.1) is 24.5 Å². The number of hydrogen-bond donors (Lipinski definition) is 2. The molecule has 0 aliphatic rings. The Hall–Kier alpha value is -3.22. The zero-order valence-corrected chi connectivity index (χ0v) is 11.7. The summed E-state index contributed by atoms with van der Waals surface area (Å²) in [5.74, 6) is 0.637. The van der Waals surface area contributed by atoms with Crippen LogP contribution in [0, 0.1) is 0 Å².